The first-order chi connectivity index (χ1) is 20.2. The Labute approximate surface area is 249 Å². The van der Waals surface area contributed by atoms with Gasteiger partial charge < -0.3 is 35.6 Å². The molecule has 1 saturated heterocycles. The zero-order valence-electron chi connectivity index (χ0n) is 25.1. The van der Waals surface area contributed by atoms with Crippen LogP contribution in [-0.2, 0) is 20.4 Å². The smallest absolute Gasteiger partial charge is 0.416 e. The molecular weight excluding hydrogens is 571 g/mol. The van der Waals surface area contributed by atoms with Crippen molar-refractivity contribution in [3.05, 3.63) is 29.3 Å². The maximum atomic E-state index is 13.4. The Balaban J connectivity index is 1.61. The van der Waals surface area contributed by atoms with Crippen LogP contribution in [0.15, 0.2) is 18.2 Å². The first-order valence-electron chi connectivity index (χ1n) is 14.6. The molecule has 11 nitrogen and oxygen atoms in total. The normalized spacial score (nSPS) is 21.0. The van der Waals surface area contributed by atoms with Gasteiger partial charge in [-0.25, -0.2) is 9.59 Å². The van der Waals surface area contributed by atoms with Gasteiger partial charge in [0, 0.05) is 25.2 Å². The van der Waals surface area contributed by atoms with Gasteiger partial charge in [-0.3, -0.25) is 9.59 Å². The molecule has 0 aromatic heterocycles. The van der Waals surface area contributed by atoms with Crippen molar-refractivity contribution in [3.63, 3.8) is 0 Å². The van der Waals surface area contributed by atoms with Gasteiger partial charge in [-0.1, -0.05) is 13.3 Å². The molecule has 0 bridgehead atoms. The number of nitrogens with one attached hydrogen (secondary N) is 4. The van der Waals surface area contributed by atoms with Gasteiger partial charge in [-0.2, -0.15) is 13.2 Å². The van der Waals surface area contributed by atoms with Gasteiger partial charge in [0.05, 0.1) is 36.6 Å². The van der Waals surface area contributed by atoms with Crippen molar-refractivity contribution in [2.45, 2.75) is 83.7 Å². The summed E-state index contributed by atoms with van der Waals surface area (Å²) in [6.45, 7) is 8.15. The molecule has 2 aliphatic rings. The largest absolute Gasteiger partial charge is 0.444 e. The van der Waals surface area contributed by atoms with Crippen molar-refractivity contribution in [1.82, 2.24) is 20.9 Å². The van der Waals surface area contributed by atoms with Gasteiger partial charge in [-0.05, 0) is 70.6 Å². The lowest BCUT2D eigenvalue weighted by molar-refractivity contribution is -0.137. The molecule has 5 amide bonds. The third-order valence-corrected chi connectivity index (χ3v) is 7.25. The third-order valence-electron chi connectivity index (χ3n) is 7.25. The van der Waals surface area contributed by atoms with Gasteiger partial charge in [0.1, 0.15) is 5.60 Å². The molecule has 2 fully saturated rings. The van der Waals surface area contributed by atoms with Gasteiger partial charge in [-0.15, -0.1) is 0 Å². The van der Waals surface area contributed by atoms with E-state index in [1.165, 1.54) is 4.90 Å². The van der Waals surface area contributed by atoms with Crippen molar-refractivity contribution in [2.75, 3.05) is 38.2 Å². The number of carbonyl (C=O) groups is 4. The number of anilines is 1. The number of carbonyl (C=O) groups excluding carboxylic acids is 4. The van der Waals surface area contributed by atoms with E-state index in [-0.39, 0.29) is 23.7 Å². The van der Waals surface area contributed by atoms with Crippen LogP contribution in [0.25, 0.3) is 0 Å². The van der Waals surface area contributed by atoms with Crippen LogP contribution in [-0.4, -0.2) is 79.4 Å². The van der Waals surface area contributed by atoms with Gasteiger partial charge >= 0.3 is 18.3 Å². The molecule has 240 valence electrons. The molecule has 4 N–H and O–H groups in total. The van der Waals surface area contributed by atoms with Crippen molar-refractivity contribution in [1.29, 1.82) is 0 Å². The summed E-state index contributed by atoms with van der Waals surface area (Å²) in [6, 6.07) is 1.58. The second-order valence-electron chi connectivity index (χ2n) is 11.8. The van der Waals surface area contributed by atoms with Crippen molar-refractivity contribution >= 4 is 29.6 Å². The van der Waals surface area contributed by atoms with Crippen LogP contribution in [0.3, 0.4) is 0 Å². The van der Waals surface area contributed by atoms with E-state index in [0.717, 1.165) is 25.0 Å². The highest BCUT2D eigenvalue weighted by molar-refractivity contribution is 6.04. The number of alkyl carbamates (subject to hydrolysis) is 1. The fourth-order valence-corrected chi connectivity index (χ4v) is 5.24. The molecule has 14 heteroatoms. The number of alkyl halides is 3. The summed E-state index contributed by atoms with van der Waals surface area (Å²) in [5, 5.41) is 10.7. The summed E-state index contributed by atoms with van der Waals surface area (Å²) in [4.78, 5) is 52.1. The minimum absolute atomic E-state index is 0.0730. The lowest BCUT2D eigenvalue weighted by Gasteiger charge is -2.37. The molecule has 1 aliphatic carbocycles. The van der Waals surface area contributed by atoms with E-state index in [0.29, 0.717) is 51.6 Å². The number of morpholine rings is 1. The predicted octanol–water partition coefficient (Wildman–Crippen LogP) is 4.28. The number of hydrogen-bond acceptors (Lipinski definition) is 6. The Hall–Kier alpha value is -3.55. The van der Waals surface area contributed by atoms with Crippen LogP contribution in [0, 0.1) is 5.92 Å². The molecule has 3 atom stereocenters. The van der Waals surface area contributed by atoms with Crippen molar-refractivity contribution < 1.29 is 41.8 Å². The second kappa shape index (κ2) is 14.8. The molecule has 1 saturated carbocycles. The van der Waals surface area contributed by atoms with Crippen LogP contribution in [0.4, 0.5) is 28.4 Å². The van der Waals surface area contributed by atoms with Crippen LogP contribution in [0.5, 0.6) is 0 Å². The second-order valence-corrected chi connectivity index (χ2v) is 11.8. The zero-order valence-corrected chi connectivity index (χ0v) is 25.1. The third kappa shape index (κ3) is 10.6. The maximum absolute atomic E-state index is 13.4. The van der Waals surface area contributed by atoms with E-state index in [1.807, 2.05) is 6.92 Å². The molecule has 3 rings (SSSR count). The summed E-state index contributed by atoms with van der Waals surface area (Å²) >= 11 is 0. The lowest BCUT2D eigenvalue weighted by Crippen LogP contribution is -2.51. The molecule has 0 spiro atoms. The summed E-state index contributed by atoms with van der Waals surface area (Å²) in [6.07, 6.45) is -1.69. The van der Waals surface area contributed by atoms with E-state index in [9.17, 15) is 32.3 Å². The first kappa shape index (κ1) is 33.9. The number of rotatable bonds is 8. The predicted molar refractivity (Wildman–Crippen MR) is 153 cm³/mol. The fourth-order valence-electron chi connectivity index (χ4n) is 5.24. The van der Waals surface area contributed by atoms with E-state index < -0.39 is 53.4 Å². The molecule has 3 unspecified atom stereocenters. The van der Waals surface area contributed by atoms with Crippen LogP contribution >= 0.6 is 0 Å². The quantitative estimate of drug-likeness (QED) is 0.346. The standard InChI is InChI=1S/C29H42F3N5O6/c1-5-6-18-15-20(34-27(41)43-28(2,3)4)8-10-22(18)35-24(38)17-33-25(39)21-16-19(29(30,31)32)7-9-23(21)36-26(40)37-11-13-42-14-12-37/h7,9,16,18,20,22H,5-6,8,10-15,17H2,1-4H3,(H,33,39)(H,34,41)(H,35,38)(H,36,40). The van der Waals surface area contributed by atoms with Crippen molar-refractivity contribution in [2.24, 2.45) is 5.92 Å². The van der Waals surface area contributed by atoms with E-state index in [1.54, 1.807) is 20.8 Å². The number of amides is 5. The number of ether oxygens (including phenoxy) is 2. The summed E-state index contributed by atoms with van der Waals surface area (Å²) in [5.74, 6) is -1.36. The average molecular weight is 614 g/mol. The number of hydrogen-bond donors (Lipinski definition) is 4. The topological polar surface area (TPSA) is 138 Å². The number of benzene rings is 1. The molecule has 43 heavy (non-hydrogen) atoms. The number of nitrogens with zero attached hydrogens (tertiary/aromatic N) is 1. The van der Waals surface area contributed by atoms with E-state index in [4.69, 9.17) is 9.47 Å². The highest BCUT2D eigenvalue weighted by atomic mass is 19.4. The van der Waals surface area contributed by atoms with Gasteiger partial charge in [0.2, 0.25) is 5.91 Å². The van der Waals surface area contributed by atoms with Gasteiger partial charge in [0.15, 0.2) is 0 Å². The zero-order chi connectivity index (χ0) is 31.8. The van der Waals surface area contributed by atoms with Crippen molar-refractivity contribution in [3.8, 4) is 0 Å². The Morgan fingerprint density at radius 1 is 1.05 bits per heavy atom. The van der Waals surface area contributed by atoms with E-state index >= 15 is 0 Å². The molecule has 1 aromatic carbocycles. The highest BCUT2D eigenvalue weighted by Gasteiger charge is 2.34. The van der Waals surface area contributed by atoms with E-state index in [2.05, 4.69) is 21.3 Å². The Bertz CT molecular complexity index is 1150. The minimum Gasteiger partial charge on any atom is -0.444 e. The molecule has 1 aliphatic heterocycles. The SMILES string of the molecule is CCCC1CC(NC(=O)OC(C)(C)C)CCC1NC(=O)CNC(=O)c1cc(C(F)(F)F)ccc1NC(=O)N1CCOCC1. The van der Waals surface area contributed by atoms with Crippen LogP contribution < -0.4 is 21.3 Å². The molecule has 1 heterocycles. The summed E-state index contributed by atoms with van der Waals surface area (Å²) in [5.41, 5.74) is -2.21. The summed E-state index contributed by atoms with van der Waals surface area (Å²) in [7, 11) is 0. The molecule has 1 aromatic rings. The van der Waals surface area contributed by atoms with Crippen LogP contribution in [0.1, 0.15) is 75.7 Å². The Morgan fingerprint density at radius 3 is 2.37 bits per heavy atom. The minimum atomic E-state index is -4.72. The van der Waals surface area contributed by atoms with Gasteiger partial charge in [0.25, 0.3) is 5.91 Å². The lowest BCUT2D eigenvalue weighted by atomic mass is 9.79. The highest BCUT2D eigenvalue weighted by Crippen LogP contribution is 2.32. The van der Waals surface area contributed by atoms with Crippen LogP contribution in [0.2, 0.25) is 0 Å². The average Bonchev–Trinajstić information content (AvgIpc) is 2.92. The first-order valence-corrected chi connectivity index (χ1v) is 14.6. The summed E-state index contributed by atoms with van der Waals surface area (Å²) < 4.78 is 50.8. The fraction of sp³-hybridized carbons (Fsp3) is 0.655. The molecular formula is C29H42F3N5O6. The molecule has 0 radical (unpaired) electrons. The number of halogens is 3. The Morgan fingerprint density at radius 2 is 1.74 bits per heavy atom. The monoisotopic (exact) mass is 613 g/mol. The Kier molecular flexibility index (Phi) is 11.7. The number of urea groups is 1. The maximum Gasteiger partial charge on any atom is 0.416 e.